The Morgan fingerprint density at radius 1 is 1.24 bits per heavy atom. The third-order valence-electron chi connectivity index (χ3n) is 6.00. The molecule has 0 saturated carbocycles. The fourth-order valence-corrected chi connectivity index (χ4v) is 4.23. The maximum absolute atomic E-state index is 13.5. The number of morpholine rings is 1. The number of aromatic nitrogens is 5. The minimum absolute atomic E-state index is 0.0577. The van der Waals surface area contributed by atoms with E-state index in [4.69, 9.17) is 9.84 Å². The van der Waals surface area contributed by atoms with Crippen LogP contribution < -0.4 is 4.90 Å². The van der Waals surface area contributed by atoms with Crippen molar-refractivity contribution >= 4 is 17.8 Å². The summed E-state index contributed by atoms with van der Waals surface area (Å²) in [6.45, 7) is 3.80. The van der Waals surface area contributed by atoms with Crippen LogP contribution in [0.15, 0.2) is 36.7 Å². The summed E-state index contributed by atoms with van der Waals surface area (Å²) in [6, 6.07) is 5.89. The third-order valence-corrected chi connectivity index (χ3v) is 6.00. The summed E-state index contributed by atoms with van der Waals surface area (Å²) in [7, 11) is 0. The smallest absolute Gasteiger partial charge is 0.378 e. The lowest BCUT2D eigenvalue weighted by Crippen LogP contribution is -2.37. The van der Waals surface area contributed by atoms with Crippen molar-refractivity contribution in [1.82, 2.24) is 24.6 Å². The molecule has 0 amide bonds. The Bertz CT molecular complexity index is 1340. The first-order valence-corrected chi connectivity index (χ1v) is 10.7. The van der Waals surface area contributed by atoms with Gasteiger partial charge in [-0.15, -0.1) is 5.10 Å². The number of benzene rings is 1. The Morgan fingerprint density at radius 2 is 2.03 bits per heavy atom. The first-order valence-electron chi connectivity index (χ1n) is 10.7. The van der Waals surface area contributed by atoms with Gasteiger partial charge >= 0.3 is 6.18 Å². The molecular formula is C23H21F3N6O2. The van der Waals surface area contributed by atoms with Crippen molar-refractivity contribution in [2.45, 2.75) is 19.5 Å². The molecule has 1 aliphatic rings. The molecule has 0 spiro atoms. The predicted octanol–water partition coefficient (Wildman–Crippen LogP) is 3.69. The highest BCUT2D eigenvalue weighted by molar-refractivity contribution is 5.82. The van der Waals surface area contributed by atoms with Crippen molar-refractivity contribution < 1.29 is 22.7 Å². The number of hydrogen-bond acceptors (Lipinski definition) is 6. The number of carbonyl (C=O) groups excluding carboxylic acids is 1. The fraction of sp³-hybridized carbons (Fsp3) is 0.304. The van der Waals surface area contributed by atoms with Gasteiger partial charge in [0.05, 0.1) is 30.0 Å². The highest BCUT2D eigenvalue weighted by Gasteiger charge is 2.33. The van der Waals surface area contributed by atoms with E-state index in [9.17, 15) is 18.0 Å². The SMILES string of the molecule is Cc1c(Cc2c(C=O)nc3c(-c4ncc[nH]4)cc(N4CCOCC4)nn23)cccc1C(F)(F)F. The molecule has 34 heavy (non-hydrogen) atoms. The maximum Gasteiger partial charge on any atom is 0.416 e. The van der Waals surface area contributed by atoms with Gasteiger partial charge in [0.1, 0.15) is 11.5 Å². The van der Waals surface area contributed by atoms with Gasteiger partial charge in [0, 0.05) is 31.9 Å². The first kappa shape index (κ1) is 22.1. The van der Waals surface area contributed by atoms with Crippen LogP contribution in [0.5, 0.6) is 0 Å². The van der Waals surface area contributed by atoms with Crippen molar-refractivity contribution in [2.24, 2.45) is 0 Å². The first-order chi connectivity index (χ1) is 16.4. The minimum atomic E-state index is -4.47. The van der Waals surface area contributed by atoms with Gasteiger partial charge in [-0.2, -0.15) is 13.2 Å². The van der Waals surface area contributed by atoms with Gasteiger partial charge in [-0.1, -0.05) is 12.1 Å². The van der Waals surface area contributed by atoms with Crippen LogP contribution in [0.2, 0.25) is 0 Å². The number of rotatable bonds is 5. The van der Waals surface area contributed by atoms with Gasteiger partial charge in [0.2, 0.25) is 0 Å². The number of aldehydes is 1. The summed E-state index contributed by atoms with van der Waals surface area (Å²) in [5.74, 6) is 1.19. The highest BCUT2D eigenvalue weighted by atomic mass is 19.4. The normalized spacial score (nSPS) is 14.6. The summed E-state index contributed by atoms with van der Waals surface area (Å²) in [6.07, 6.45) is -0.523. The minimum Gasteiger partial charge on any atom is -0.378 e. The van der Waals surface area contributed by atoms with Crippen LogP contribution in [0.25, 0.3) is 17.0 Å². The molecule has 1 fully saturated rings. The van der Waals surface area contributed by atoms with E-state index in [1.54, 1.807) is 23.0 Å². The number of hydrogen-bond donors (Lipinski definition) is 1. The molecule has 0 atom stereocenters. The van der Waals surface area contributed by atoms with Crippen LogP contribution in [-0.4, -0.2) is 57.2 Å². The van der Waals surface area contributed by atoms with Gasteiger partial charge < -0.3 is 14.6 Å². The van der Waals surface area contributed by atoms with Crippen molar-refractivity contribution in [2.75, 3.05) is 31.2 Å². The summed E-state index contributed by atoms with van der Waals surface area (Å²) >= 11 is 0. The average molecular weight is 470 g/mol. The third kappa shape index (κ3) is 3.92. The second kappa shape index (κ2) is 8.56. The van der Waals surface area contributed by atoms with E-state index in [2.05, 4.69) is 19.9 Å². The number of H-pyrrole nitrogens is 1. The molecule has 1 aromatic carbocycles. The number of alkyl halides is 3. The number of nitrogens with one attached hydrogen (secondary N) is 1. The summed E-state index contributed by atoms with van der Waals surface area (Å²) in [5.41, 5.74) is 1.41. The van der Waals surface area contributed by atoms with Crippen LogP contribution in [0.1, 0.15) is 32.9 Å². The number of carbonyl (C=O) groups is 1. The zero-order valence-electron chi connectivity index (χ0n) is 18.3. The Hall–Kier alpha value is -3.73. The molecule has 3 aromatic heterocycles. The number of ether oxygens (including phenoxy) is 1. The van der Waals surface area contributed by atoms with E-state index in [-0.39, 0.29) is 17.7 Å². The zero-order valence-corrected chi connectivity index (χ0v) is 18.3. The zero-order chi connectivity index (χ0) is 23.9. The second-order valence-corrected chi connectivity index (χ2v) is 8.01. The lowest BCUT2D eigenvalue weighted by Gasteiger charge is -2.28. The fourth-order valence-electron chi connectivity index (χ4n) is 4.23. The molecule has 11 heteroatoms. The van der Waals surface area contributed by atoms with E-state index in [0.29, 0.717) is 66.7 Å². The van der Waals surface area contributed by atoms with E-state index in [0.717, 1.165) is 6.07 Å². The molecule has 0 radical (unpaired) electrons. The molecule has 0 aliphatic carbocycles. The number of fused-ring (bicyclic) bond motifs is 1. The van der Waals surface area contributed by atoms with Gasteiger partial charge in [-0.3, -0.25) is 4.79 Å². The summed E-state index contributed by atoms with van der Waals surface area (Å²) in [4.78, 5) is 25.9. The Morgan fingerprint density at radius 3 is 2.71 bits per heavy atom. The number of halogens is 3. The largest absolute Gasteiger partial charge is 0.416 e. The van der Waals surface area contributed by atoms with E-state index in [1.165, 1.54) is 13.0 Å². The van der Waals surface area contributed by atoms with Crippen LogP contribution in [-0.2, 0) is 17.3 Å². The van der Waals surface area contributed by atoms with Gasteiger partial charge in [0.15, 0.2) is 17.8 Å². The van der Waals surface area contributed by atoms with Crippen LogP contribution in [0.4, 0.5) is 19.0 Å². The molecule has 1 aliphatic heterocycles. The van der Waals surface area contributed by atoms with Crippen molar-refractivity contribution in [3.05, 3.63) is 64.7 Å². The molecule has 5 rings (SSSR count). The molecule has 176 valence electrons. The Balaban J connectivity index is 1.69. The molecule has 0 bridgehead atoms. The molecule has 1 saturated heterocycles. The van der Waals surface area contributed by atoms with Gasteiger partial charge in [-0.25, -0.2) is 14.5 Å². The number of aromatic amines is 1. The average Bonchev–Trinajstić information content (AvgIpc) is 3.48. The molecular weight excluding hydrogens is 449 g/mol. The summed E-state index contributed by atoms with van der Waals surface area (Å²) in [5, 5.41) is 4.74. The molecule has 1 N–H and O–H groups in total. The molecule has 4 aromatic rings. The topological polar surface area (TPSA) is 88.4 Å². The van der Waals surface area contributed by atoms with Crippen LogP contribution >= 0.6 is 0 Å². The monoisotopic (exact) mass is 470 g/mol. The van der Waals surface area contributed by atoms with Crippen molar-refractivity contribution in [3.63, 3.8) is 0 Å². The molecule has 8 nitrogen and oxygen atoms in total. The lowest BCUT2D eigenvalue weighted by atomic mass is 9.98. The maximum atomic E-state index is 13.5. The van der Waals surface area contributed by atoms with Crippen molar-refractivity contribution in [1.29, 1.82) is 0 Å². The van der Waals surface area contributed by atoms with Crippen LogP contribution in [0, 0.1) is 6.92 Å². The van der Waals surface area contributed by atoms with E-state index >= 15 is 0 Å². The van der Waals surface area contributed by atoms with Gasteiger partial charge in [0.25, 0.3) is 0 Å². The predicted molar refractivity (Wildman–Crippen MR) is 118 cm³/mol. The summed E-state index contributed by atoms with van der Waals surface area (Å²) < 4.78 is 47.4. The van der Waals surface area contributed by atoms with Crippen molar-refractivity contribution in [3.8, 4) is 11.4 Å². The Labute approximate surface area is 192 Å². The van der Waals surface area contributed by atoms with Gasteiger partial charge in [-0.05, 0) is 30.2 Å². The number of nitrogens with zero attached hydrogens (tertiary/aromatic N) is 5. The second-order valence-electron chi connectivity index (χ2n) is 8.01. The highest BCUT2D eigenvalue weighted by Crippen LogP contribution is 2.34. The molecule has 4 heterocycles. The standard InChI is InChI=1S/C23H21F3N6O2/c1-14-15(3-2-4-17(14)23(24,25)26)11-19-18(13-33)29-22-16(21-27-5-6-28-21)12-20(30-32(19)22)31-7-9-34-10-8-31/h2-6,12-13H,7-11H2,1H3,(H,27,28). The van der Waals surface area contributed by atoms with E-state index < -0.39 is 11.7 Å². The lowest BCUT2D eigenvalue weighted by molar-refractivity contribution is -0.138. The quantitative estimate of drug-likeness (QED) is 0.448. The number of imidazole rings is 2. The molecule has 0 unspecified atom stereocenters. The van der Waals surface area contributed by atoms with Crippen LogP contribution in [0.3, 0.4) is 0 Å². The number of anilines is 1. The Kier molecular flexibility index (Phi) is 5.56. The van der Waals surface area contributed by atoms with E-state index in [1.807, 2.05) is 6.07 Å².